The Bertz CT molecular complexity index is 739. The van der Waals surface area contributed by atoms with Crippen LogP contribution in [0.2, 0.25) is 0 Å². The molecule has 2 rings (SSSR count). The lowest BCUT2D eigenvalue weighted by atomic mass is 10.1. The molecule has 0 unspecified atom stereocenters. The van der Waals surface area contributed by atoms with E-state index in [4.69, 9.17) is 4.74 Å². The normalized spacial score (nSPS) is 10.7. The van der Waals surface area contributed by atoms with Crippen LogP contribution in [0.3, 0.4) is 0 Å². The summed E-state index contributed by atoms with van der Waals surface area (Å²) in [6.07, 6.45) is 0. The van der Waals surface area contributed by atoms with Crippen molar-refractivity contribution in [2.45, 2.75) is 24.2 Å². The number of hydrogen-bond donors (Lipinski definition) is 1. The predicted molar refractivity (Wildman–Crippen MR) is 80.2 cm³/mol. The van der Waals surface area contributed by atoms with Crippen LogP contribution in [0, 0.1) is 24.1 Å². The molecule has 0 saturated carbocycles. The summed E-state index contributed by atoms with van der Waals surface area (Å²) in [6.45, 7) is 1.10. The lowest BCUT2D eigenvalue weighted by Gasteiger charge is -2.14. The van der Waals surface area contributed by atoms with Gasteiger partial charge in [0.25, 0.3) is 5.76 Å². The molecule has 2 aromatic carbocycles. The van der Waals surface area contributed by atoms with Gasteiger partial charge in [0.2, 0.25) is 0 Å². The Balaban J connectivity index is 2.45. The fraction of sp³-hybridized carbons (Fsp3) is 0.188. The summed E-state index contributed by atoms with van der Waals surface area (Å²) >= 11 is 0.239. The van der Waals surface area contributed by atoms with Crippen molar-refractivity contribution in [1.82, 2.24) is 0 Å². The van der Waals surface area contributed by atoms with Crippen molar-refractivity contribution in [3.63, 3.8) is 0 Å². The molecular weight excluding hydrogens is 327 g/mol. The number of nitriles is 1. The van der Waals surface area contributed by atoms with Gasteiger partial charge in [-0.1, -0.05) is 11.8 Å². The summed E-state index contributed by atoms with van der Waals surface area (Å²) in [5.74, 6) is -2.92. The SMILES string of the molecule is Cc1cc(F)cc(Oc2ccc(SC(F)F)c(CO)c2C#N)c1. The summed E-state index contributed by atoms with van der Waals surface area (Å²) in [7, 11) is 0. The first-order chi connectivity index (χ1) is 10.9. The second kappa shape index (κ2) is 7.40. The van der Waals surface area contributed by atoms with E-state index in [-0.39, 0.29) is 39.3 Å². The van der Waals surface area contributed by atoms with Crippen molar-refractivity contribution in [2.24, 2.45) is 0 Å². The summed E-state index contributed by atoms with van der Waals surface area (Å²) in [6, 6.07) is 8.57. The molecule has 0 aliphatic carbocycles. The maximum absolute atomic E-state index is 13.4. The van der Waals surface area contributed by atoms with Crippen molar-refractivity contribution in [3.8, 4) is 17.6 Å². The van der Waals surface area contributed by atoms with E-state index in [1.165, 1.54) is 18.2 Å². The fourth-order valence-electron chi connectivity index (χ4n) is 2.07. The Morgan fingerprint density at radius 1 is 1.30 bits per heavy atom. The Labute approximate surface area is 135 Å². The van der Waals surface area contributed by atoms with Crippen LogP contribution in [0.4, 0.5) is 13.2 Å². The van der Waals surface area contributed by atoms with Crippen molar-refractivity contribution in [1.29, 1.82) is 5.26 Å². The minimum atomic E-state index is -2.68. The second-order valence-corrected chi connectivity index (χ2v) is 5.66. The van der Waals surface area contributed by atoms with E-state index >= 15 is 0 Å². The van der Waals surface area contributed by atoms with E-state index < -0.39 is 18.2 Å². The van der Waals surface area contributed by atoms with Crippen molar-refractivity contribution in [3.05, 3.63) is 52.8 Å². The average molecular weight is 339 g/mol. The Morgan fingerprint density at radius 3 is 2.61 bits per heavy atom. The number of nitrogens with zero attached hydrogens (tertiary/aromatic N) is 1. The zero-order chi connectivity index (χ0) is 17.0. The third kappa shape index (κ3) is 4.18. The van der Waals surface area contributed by atoms with Crippen LogP contribution in [0.15, 0.2) is 35.2 Å². The molecule has 120 valence electrons. The van der Waals surface area contributed by atoms with Crippen LogP contribution in [-0.4, -0.2) is 10.9 Å². The highest BCUT2D eigenvalue weighted by atomic mass is 32.2. The van der Waals surface area contributed by atoms with Crippen LogP contribution in [0.5, 0.6) is 11.5 Å². The molecule has 0 bridgehead atoms. The molecule has 0 aliphatic heterocycles. The molecule has 0 aromatic heterocycles. The Morgan fingerprint density at radius 2 is 2.04 bits per heavy atom. The van der Waals surface area contributed by atoms with E-state index in [2.05, 4.69) is 0 Å². The third-order valence-corrected chi connectivity index (χ3v) is 3.78. The average Bonchev–Trinajstić information content (AvgIpc) is 2.46. The first kappa shape index (κ1) is 17.2. The number of ether oxygens (including phenoxy) is 1. The maximum Gasteiger partial charge on any atom is 0.288 e. The van der Waals surface area contributed by atoms with Gasteiger partial charge in [-0.3, -0.25) is 0 Å². The van der Waals surface area contributed by atoms with Gasteiger partial charge in [0.1, 0.15) is 28.9 Å². The highest BCUT2D eigenvalue weighted by molar-refractivity contribution is 7.99. The number of alkyl halides is 2. The van der Waals surface area contributed by atoms with Gasteiger partial charge in [-0.05, 0) is 36.8 Å². The Kier molecular flexibility index (Phi) is 5.53. The second-order valence-electron chi connectivity index (χ2n) is 4.63. The van der Waals surface area contributed by atoms with Crippen molar-refractivity contribution < 1.29 is 23.0 Å². The minimum absolute atomic E-state index is 0.0555. The number of rotatable bonds is 5. The van der Waals surface area contributed by atoms with Crippen LogP contribution in [0.1, 0.15) is 16.7 Å². The van der Waals surface area contributed by atoms with E-state index in [9.17, 15) is 23.5 Å². The van der Waals surface area contributed by atoms with Gasteiger partial charge in [-0.2, -0.15) is 14.0 Å². The highest BCUT2D eigenvalue weighted by Gasteiger charge is 2.18. The van der Waals surface area contributed by atoms with E-state index in [1.807, 2.05) is 6.07 Å². The zero-order valence-electron chi connectivity index (χ0n) is 12.0. The first-order valence-electron chi connectivity index (χ1n) is 6.51. The zero-order valence-corrected chi connectivity index (χ0v) is 12.8. The number of aryl methyl sites for hydroxylation is 1. The minimum Gasteiger partial charge on any atom is -0.456 e. The number of hydrogen-bond acceptors (Lipinski definition) is 4. The molecule has 0 saturated heterocycles. The van der Waals surface area contributed by atoms with Crippen LogP contribution in [-0.2, 0) is 6.61 Å². The summed E-state index contributed by atoms with van der Waals surface area (Å²) in [4.78, 5) is 0.0989. The van der Waals surface area contributed by atoms with Crippen molar-refractivity contribution >= 4 is 11.8 Å². The van der Waals surface area contributed by atoms with Crippen LogP contribution in [0.25, 0.3) is 0 Å². The van der Waals surface area contributed by atoms with Gasteiger partial charge in [0, 0.05) is 16.5 Å². The van der Waals surface area contributed by atoms with Gasteiger partial charge in [0.05, 0.1) is 6.61 Å². The predicted octanol–water partition coefficient (Wildman–Crippen LogP) is 4.61. The molecule has 0 amide bonds. The van der Waals surface area contributed by atoms with E-state index in [1.54, 1.807) is 13.0 Å². The molecule has 0 aliphatic rings. The monoisotopic (exact) mass is 339 g/mol. The van der Waals surface area contributed by atoms with Gasteiger partial charge < -0.3 is 9.84 Å². The van der Waals surface area contributed by atoms with Crippen molar-refractivity contribution in [2.75, 3.05) is 0 Å². The smallest absolute Gasteiger partial charge is 0.288 e. The van der Waals surface area contributed by atoms with Crippen LogP contribution < -0.4 is 4.74 Å². The number of halogens is 3. The lowest BCUT2D eigenvalue weighted by Crippen LogP contribution is -1.99. The molecule has 0 heterocycles. The topological polar surface area (TPSA) is 53.2 Å². The molecule has 3 nitrogen and oxygen atoms in total. The number of aliphatic hydroxyl groups is 1. The van der Waals surface area contributed by atoms with Gasteiger partial charge >= 0.3 is 0 Å². The van der Waals surface area contributed by atoms with E-state index in [0.717, 1.165) is 6.07 Å². The highest BCUT2D eigenvalue weighted by Crippen LogP contribution is 2.36. The largest absolute Gasteiger partial charge is 0.456 e. The molecule has 0 radical (unpaired) electrons. The Hall–Kier alpha value is -2.17. The maximum atomic E-state index is 13.4. The molecule has 0 spiro atoms. The van der Waals surface area contributed by atoms with Gasteiger partial charge in [-0.15, -0.1) is 0 Å². The van der Waals surface area contributed by atoms with Gasteiger partial charge in [-0.25, -0.2) is 4.39 Å². The first-order valence-corrected chi connectivity index (χ1v) is 7.39. The number of thioether (sulfide) groups is 1. The molecule has 0 fully saturated rings. The number of aliphatic hydroxyl groups excluding tert-OH is 1. The van der Waals surface area contributed by atoms with Crippen LogP contribution >= 0.6 is 11.8 Å². The number of benzene rings is 2. The molecule has 1 N–H and O–H groups in total. The third-order valence-electron chi connectivity index (χ3n) is 2.96. The molecular formula is C16H12F3NO2S. The summed E-state index contributed by atoms with van der Waals surface area (Å²) in [5.41, 5.74) is 0.634. The lowest BCUT2D eigenvalue weighted by molar-refractivity contribution is 0.251. The molecule has 0 atom stereocenters. The standard InChI is InChI=1S/C16H12F3NO2S/c1-9-4-10(17)6-11(5-9)22-14-2-3-15(23-16(18)19)13(8-21)12(14)7-20/h2-6,16,21H,8H2,1H3. The molecule has 2 aromatic rings. The molecule has 23 heavy (non-hydrogen) atoms. The summed E-state index contributed by atoms with van der Waals surface area (Å²) in [5, 5.41) is 18.7. The quantitative estimate of drug-likeness (QED) is 0.809. The van der Waals surface area contributed by atoms with E-state index in [0.29, 0.717) is 5.56 Å². The summed E-state index contributed by atoms with van der Waals surface area (Å²) < 4.78 is 44.0. The molecule has 7 heteroatoms. The fourth-order valence-corrected chi connectivity index (χ4v) is 2.71. The van der Waals surface area contributed by atoms with Gasteiger partial charge in [0.15, 0.2) is 0 Å².